The van der Waals surface area contributed by atoms with E-state index in [-0.39, 0.29) is 52.0 Å². The normalized spacial score (nSPS) is 12.0. The summed E-state index contributed by atoms with van der Waals surface area (Å²) in [6.45, 7) is 17.0. The Kier molecular flexibility index (Phi) is 11.1. The minimum atomic E-state index is -5.07. The van der Waals surface area contributed by atoms with Gasteiger partial charge in [-0.25, -0.2) is 4.79 Å². The van der Waals surface area contributed by atoms with Gasteiger partial charge in [0.15, 0.2) is 0 Å². The van der Waals surface area contributed by atoms with E-state index in [0.29, 0.717) is 31.0 Å². The van der Waals surface area contributed by atoms with Crippen molar-refractivity contribution < 1.29 is 36.6 Å². The van der Waals surface area contributed by atoms with Crippen molar-refractivity contribution in [1.82, 2.24) is 4.90 Å². The van der Waals surface area contributed by atoms with Crippen LogP contribution in [0.1, 0.15) is 73.0 Å². The van der Waals surface area contributed by atoms with E-state index in [1.165, 1.54) is 12.1 Å². The molecule has 0 N–H and O–H groups in total. The lowest BCUT2D eigenvalue weighted by molar-refractivity contribution is -0.154. The second-order valence-corrected chi connectivity index (χ2v) is 12.6. The zero-order valence-corrected chi connectivity index (χ0v) is 28.1. The average molecular weight is 654 g/mol. The second kappa shape index (κ2) is 14.6. The van der Waals surface area contributed by atoms with Gasteiger partial charge in [0, 0.05) is 19.6 Å². The van der Waals surface area contributed by atoms with Crippen molar-refractivity contribution in [3.63, 3.8) is 0 Å². The van der Waals surface area contributed by atoms with Gasteiger partial charge in [-0.1, -0.05) is 33.8 Å². The van der Waals surface area contributed by atoms with Crippen LogP contribution in [0.2, 0.25) is 0 Å². The number of halogens is 3. The van der Waals surface area contributed by atoms with Crippen molar-refractivity contribution in [3.8, 4) is 23.0 Å². The molecule has 0 amide bonds. The van der Waals surface area contributed by atoms with E-state index in [0.717, 1.165) is 11.1 Å². The van der Waals surface area contributed by atoms with Crippen LogP contribution in [0.5, 0.6) is 23.0 Å². The fraction of sp³-hybridized carbons (Fsp3) is 0.405. The van der Waals surface area contributed by atoms with Crippen LogP contribution >= 0.6 is 0 Å². The van der Waals surface area contributed by atoms with Crippen LogP contribution in [0, 0.1) is 32.6 Å². The van der Waals surface area contributed by atoms with E-state index in [1.807, 2.05) is 47.6 Å². The molecule has 4 rings (SSSR count). The number of esters is 1. The lowest BCUT2D eigenvalue weighted by atomic mass is 10.0. The van der Waals surface area contributed by atoms with Crippen LogP contribution < -0.4 is 19.6 Å². The summed E-state index contributed by atoms with van der Waals surface area (Å²) in [5, 5.41) is -0.125. The molecule has 1 aromatic heterocycles. The van der Waals surface area contributed by atoms with Crippen LogP contribution in [0.25, 0.3) is 11.0 Å². The second-order valence-electron chi connectivity index (χ2n) is 12.6. The minimum Gasteiger partial charge on any atom is -0.494 e. The highest BCUT2D eigenvalue weighted by atomic mass is 19.4. The molecular formula is C37H42F3NO6. The molecule has 0 saturated carbocycles. The Morgan fingerprint density at radius 1 is 0.915 bits per heavy atom. The zero-order valence-electron chi connectivity index (χ0n) is 28.1. The minimum absolute atomic E-state index is 0.0102. The van der Waals surface area contributed by atoms with E-state index >= 15 is 0 Å². The molecule has 0 spiro atoms. The maximum absolute atomic E-state index is 14.7. The molecule has 0 atom stereocenters. The van der Waals surface area contributed by atoms with Crippen molar-refractivity contribution in [2.75, 3.05) is 19.7 Å². The molecule has 10 heteroatoms. The molecule has 0 aliphatic heterocycles. The van der Waals surface area contributed by atoms with Gasteiger partial charge in [-0.15, -0.1) is 0 Å². The van der Waals surface area contributed by atoms with Gasteiger partial charge in [0.1, 0.15) is 22.8 Å². The first-order chi connectivity index (χ1) is 22.1. The maximum atomic E-state index is 14.7. The molecule has 1 heterocycles. The van der Waals surface area contributed by atoms with Crippen LogP contribution in [0.3, 0.4) is 0 Å². The quantitative estimate of drug-likeness (QED) is 0.111. The molecule has 4 aromatic rings. The molecule has 0 fully saturated rings. The Morgan fingerprint density at radius 2 is 1.55 bits per heavy atom. The summed E-state index contributed by atoms with van der Waals surface area (Å²) in [6.07, 6.45) is -5.07. The highest BCUT2D eigenvalue weighted by Gasteiger charge is 2.41. The van der Waals surface area contributed by atoms with Gasteiger partial charge in [0.05, 0.1) is 23.1 Å². The van der Waals surface area contributed by atoms with Crippen molar-refractivity contribution in [2.45, 2.75) is 68.1 Å². The Balaban J connectivity index is 1.92. The smallest absolute Gasteiger partial charge is 0.453 e. The third-order valence-corrected chi connectivity index (χ3v) is 7.54. The van der Waals surface area contributed by atoms with Gasteiger partial charge in [0.25, 0.3) is 5.76 Å². The highest BCUT2D eigenvalue weighted by Crippen LogP contribution is 2.41. The molecule has 0 saturated heterocycles. The number of alkyl halides is 3. The Bertz CT molecular complexity index is 1780. The van der Waals surface area contributed by atoms with Crippen LogP contribution in [-0.4, -0.2) is 30.6 Å². The topological polar surface area (TPSA) is 78.2 Å². The summed E-state index contributed by atoms with van der Waals surface area (Å²) < 4.78 is 66.6. The third kappa shape index (κ3) is 8.54. The maximum Gasteiger partial charge on any atom is 0.453 e. The van der Waals surface area contributed by atoms with Crippen molar-refractivity contribution in [1.29, 1.82) is 0 Å². The first-order valence-corrected chi connectivity index (χ1v) is 15.7. The number of carbonyl (C=O) groups excluding carboxylic acids is 1. The van der Waals surface area contributed by atoms with E-state index in [4.69, 9.17) is 18.6 Å². The van der Waals surface area contributed by atoms with Gasteiger partial charge < -0.3 is 18.6 Å². The number of aryl methyl sites for hydroxylation is 2. The van der Waals surface area contributed by atoms with Gasteiger partial charge in [0.2, 0.25) is 11.2 Å². The van der Waals surface area contributed by atoms with Crippen LogP contribution in [0.4, 0.5) is 13.2 Å². The molecule has 252 valence electrons. The summed E-state index contributed by atoms with van der Waals surface area (Å²) in [4.78, 5) is 29.2. The van der Waals surface area contributed by atoms with Crippen molar-refractivity contribution in [2.24, 2.45) is 11.8 Å². The van der Waals surface area contributed by atoms with Crippen molar-refractivity contribution in [3.05, 3.63) is 92.3 Å². The lowest BCUT2D eigenvalue weighted by Crippen LogP contribution is -2.31. The van der Waals surface area contributed by atoms with E-state index in [1.54, 1.807) is 44.2 Å². The Labute approximate surface area is 273 Å². The third-order valence-electron chi connectivity index (χ3n) is 7.54. The summed E-state index contributed by atoms with van der Waals surface area (Å²) in [6, 6.07) is 12.5. The zero-order chi connectivity index (χ0) is 34.6. The van der Waals surface area contributed by atoms with Gasteiger partial charge >= 0.3 is 12.1 Å². The standard InChI is InChI=1S/C37H42F3NO6/c1-9-44-27-12-10-26(11-13-27)36(43)46-30-15-14-28-32(42)34(45-31-17-23(6)16-24(7)25(31)8)35(37(38,39)40)47-33(28)29(30)20-41(18-21(2)3)19-22(4)5/h10-17,21-22H,9,18-20H2,1-8H3. The van der Waals surface area contributed by atoms with Crippen molar-refractivity contribution >= 4 is 16.9 Å². The summed E-state index contributed by atoms with van der Waals surface area (Å²) in [5.41, 5.74) is 1.22. The number of carbonyl (C=O) groups is 1. The first-order valence-electron chi connectivity index (χ1n) is 15.7. The van der Waals surface area contributed by atoms with Gasteiger partial charge in [-0.3, -0.25) is 9.69 Å². The number of rotatable bonds is 12. The first kappa shape index (κ1) is 35.5. The van der Waals surface area contributed by atoms with E-state index in [9.17, 15) is 22.8 Å². The number of hydrogen-bond donors (Lipinski definition) is 0. The largest absolute Gasteiger partial charge is 0.494 e. The van der Waals surface area contributed by atoms with Crippen LogP contribution in [0.15, 0.2) is 57.7 Å². The Morgan fingerprint density at radius 3 is 2.13 bits per heavy atom. The Hall–Kier alpha value is -4.31. The molecule has 0 aliphatic carbocycles. The number of fused-ring (bicyclic) bond motifs is 1. The lowest BCUT2D eigenvalue weighted by Gasteiger charge is -2.27. The highest BCUT2D eigenvalue weighted by molar-refractivity contribution is 5.92. The summed E-state index contributed by atoms with van der Waals surface area (Å²) in [5.74, 6) is -2.12. The van der Waals surface area contributed by atoms with Crippen LogP contribution in [-0.2, 0) is 12.7 Å². The number of ether oxygens (including phenoxy) is 3. The molecule has 0 unspecified atom stereocenters. The average Bonchev–Trinajstić information content (AvgIpc) is 2.97. The molecular weight excluding hydrogens is 611 g/mol. The van der Waals surface area contributed by atoms with Gasteiger partial charge in [-0.05, 0) is 98.7 Å². The van der Waals surface area contributed by atoms with Gasteiger partial charge in [-0.2, -0.15) is 13.2 Å². The fourth-order valence-corrected chi connectivity index (χ4v) is 5.49. The summed E-state index contributed by atoms with van der Waals surface area (Å²) >= 11 is 0. The predicted molar refractivity (Wildman–Crippen MR) is 176 cm³/mol. The number of hydrogen-bond acceptors (Lipinski definition) is 7. The molecule has 0 aliphatic rings. The predicted octanol–water partition coefficient (Wildman–Crippen LogP) is 9.26. The molecule has 47 heavy (non-hydrogen) atoms. The molecule has 7 nitrogen and oxygen atoms in total. The molecule has 0 bridgehead atoms. The fourth-order valence-electron chi connectivity index (χ4n) is 5.49. The number of nitrogens with zero attached hydrogens (tertiary/aromatic N) is 1. The van der Waals surface area contributed by atoms with E-state index in [2.05, 4.69) is 4.90 Å². The number of benzene rings is 3. The summed E-state index contributed by atoms with van der Waals surface area (Å²) in [7, 11) is 0. The molecule has 3 aromatic carbocycles. The van der Waals surface area contributed by atoms with E-state index < -0.39 is 29.1 Å². The SMILES string of the molecule is CCOc1ccc(C(=O)Oc2ccc3c(=O)c(Oc4cc(C)cc(C)c4C)c(C(F)(F)F)oc3c2CN(CC(C)C)CC(C)C)cc1. The monoisotopic (exact) mass is 653 g/mol. The molecule has 0 radical (unpaired) electrons.